The number of carbonyl (C=O) groups is 1. The lowest BCUT2D eigenvalue weighted by Crippen LogP contribution is -2.45. The minimum Gasteiger partial charge on any atom is -0.370 e. The number of carbonyl (C=O) groups excluding carboxylic acids is 1. The Morgan fingerprint density at radius 1 is 1.03 bits per heavy atom. The summed E-state index contributed by atoms with van der Waals surface area (Å²) in [4.78, 5) is 12.5. The summed E-state index contributed by atoms with van der Waals surface area (Å²) < 4.78 is 89.9. The summed E-state index contributed by atoms with van der Waals surface area (Å²) in [6, 6.07) is 7.28. The van der Waals surface area contributed by atoms with Gasteiger partial charge in [-0.25, -0.2) is 17.2 Å². The third-order valence-electron chi connectivity index (χ3n) is 4.81. The molecule has 5 nitrogen and oxygen atoms in total. The zero-order chi connectivity index (χ0) is 22.1. The van der Waals surface area contributed by atoms with Crippen LogP contribution in [0.4, 0.5) is 27.6 Å². The standard InChI is InChI=1S/C19H17F5N2O3S/c20-12-5-6-16(17(11-12)30(28,29)19(22,23)24)26-9-7-13(8-10-26)25-18(27)14-3-1-2-4-15(14)21/h1-6,11,13H,7-10H2,(H,25,27). The maximum Gasteiger partial charge on any atom is 0.501 e. The van der Waals surface area contributed by atoms with Gasteiger partial charge in [0.15, 0.2) is 0 Å². The lowest BCUT2D eigenvalue weighted by Gasteiger charge is -2.35. The fourth-order valence-electron chi connectivity index (χ4n) is 3.26. The molecule has 0 spiro atoms. The van der Waals surface area contributed by atoms with Crippen molar-refractivity contribution < 1.29 is 35.2 Å². The van der Waals surface area contributed by atoms with E-state index in [4.69, 9.17) is 0 Å². The van der Waals surface area contributed by atoms with E-state index < -0.39 is 37.8 Å². The summed E-state index contributed by atoms with van der Waals surface area (Å²) >= 11 is 0. The average molecular weight is 448 g/mol. The summed E-state index contributed by atoms with van der Waals surface area (Å²) in [6.45, 7) is 0.239. The van der Waals surface area contributed by atoms with E-state index in [0.717, 1.165) is 18.2 Å². The van der Waals surface area contributed by atoms with Crippen LogP contribution >= 0.6 is 0 Å². The maximum absolute atomic E-state index is 13.7. The third kappa shape index (κ3) is 4.40. The van der Waals surface area contributed by atoms with Gasteiger partial charge in [0, 0.05) is 19.1 Å². The zero-order valence-corrected chi connectivity index (χ0v) is 16.2. The van der Waals surface area contributed by atoms with Crippen LogP contribution in [0.2, 0.25) is 0 Å². The molecule has 1 fully saturated rings. The highest BCUT2D eigenvalue weighted by molar-refractivity contribution is 7.92. The van der Waals surface area contributed by atoms with Gasteiger partial charge in [-0.15, -0.1) is 0 Å². The first-order chi connectivity index (χ1) is 14.0. The number of nitrogens with one attached hydrogen (secondary N) is 1. The fraction of sp³-hybridized carbons (Fsp3) is 0.316. The first kappa shape index (κ1) is 22.0. The van der Waals surface area contributed by atoms with Crippen LogP contribution < -0.4 is 10.2 Å². The molecule has 0 aliphatic carbocycles. The number of sulfone groups is 1. The fourth-order valence-corrected chi connectivity index (χ4v) is 4.25. The van der Waals surface area contributed by atoms with Crippen molar-refractivity contribution in [2.24, 2.45) is 0 Å². The topological polar surface area (TPSA) is 66.5 Å². The van der Waals surface area contributed by atoms with Gasteiger partial charge < -0.3 is 10.2 Å². The molecule has 2 aromatic carbocycles. The normalized spacial score (nSPS) is 15.8. The third-order valence-corrected chi connectivity index (χ3v) is 6.32. The monoisotopic (exact) mass is 448 g/mol. The number of hydrogen-bond donors (Lipinski definition) is 1. The highest BCUT2D eigenvalue weighted by Crippen LogP contribution is 2.37. The van der Waals surface area contributed by atoms with E-state index in [1.807, 2.05) is 0 Å². The largest absolute Gasteiger partial charge is 0.501 e. The minimum atomic E-state index is -5.75. The molecule has 0 unspecified atom stereocenters. The molecule has 30 heavy (non-hydrogen) atoms. The number of anilines is 1. The molecule has 3 rings (SSSR count). The van der Waals surface area contributed by atoms with Gasteiger partial charge in [-0.05, 0) is 43.2 Å². The van der Waals surface area contributed by atoms with Crippen LogP contribution in [-0.4, -0.2) is 39.0 Å². The Bertz CT molecular complexity index is 1050. The lowest BCUT2D eigenvalue weighted by atomic mass is 10.0. The van der Waals surface area contributed by atoms with E-state index >= 15 is 0 Å². The second-order valence-corrected chi connectivity index (χ2v) is 8.69. The Hall–Kier alpha value is -2.69. The van der Waals surface area contributed by atoms with Gasteiger partial charge in [0.05, 0.1) is 11.3 Å². The van der Waals surface area contributed by atoms with Crippen molar-refractivity contribution >= 4 is 21.4 Å². The quantitative estimate of drug-likeness (QED) is 0.726. The molecule has 0 aromatic heterocycles. The highest BCUT2D eigenvalue weighted by Gasteiger charge is 2.48. The summed E-state index contributed by atoms with van der Waals surface area (Å²) in [5, 5.41) is 2.66. The molecule has 1 saturated heterocycles. The molecular weight excluding hydrogens is 431 g/mol. The van der Waals surface area contributed by atoms with Crippen molar-refractivity contribution in [1.29, 1.82) is 0 Å². The number of halogens is 5. The van der Waals surface area contributed by atoms with E-state index in [1.165, 1.54) is 23.1 Å². The Balaban J connectivity index is 1.74. The van der Waals surface area contributed by atoms with Gasteiger partial charge in [0.1, 0.15) is 16.5 Å². The van der Waals surface area contributed by atoms with Crippen molar-refractivity contribution in [1.82, 2.24) is 5.32 Å². The SMILES string of the molecule is O=C(NC1CCN(c2ccc(F)cc2S(=O)(=O)C(F)(F)F)CC1)c1ccccc1F. The number of benzene rings is 2. The number of rotatable bonds is 4. The summed E-state index contributed by atoms with van der Waals surface area (Å²) in [5.41, 5.74) is -5.95. The molecule has 1 aliphatic rings. The van der Waals surface area contributed by atoms with E-state index in [-0.39, 0.29) is 43.2 Å². The minimum absolute atomic E-state index is 0.119. The summed E-state index contributed by atoms with van der Waals surface area (Å²) in [5.74, 6) is -2.40. The molecule has 1 N–H and O–H groups in total. The van der Waals surface area contributed by atoms with Crippen molar-refractivity contribution in [3.8, 4) is 0 Å². The lowest BCUT2D eigenvalue weighted by molar-refractivity contribution is -0.0435. The highest BCUT2D eigenvalue weighted by atomic mass is 32.2. The van der Waals surface area contributed by atoms with Crippen LogP contribution in [0.25, 0.3) is 0 Å². The second kappa shape index (κ2) is 8.21. The number of hydrogen-bond acceptors (Lipinski definition) is 4. The molecule has 1 heterocycles. The molecule has 162 valence electrons. The van der Waals surface area contributed by atoms with Gasteiger partial charge in [-0.3, -0.25) is 4.79 Å². The molecule has 0 bridgehead atoms. The van der Waals surface area contributed by atoms with Crippen molar-refractivity contribution in [3.05, 3.63) is 59.7 Å². The number of nitrogens with zero attached hydrogens (tertiary/aromatic N) is 1. The van der Waals surface area contributed by atoms with Crippen molar-refractivity contribution in [2.75, 3.05) is 18.0 Å². The predicted octanol–water partition coefficient (Wildman–Crippen LogP) is 3.66. The maximum atomic E-state index is 13.7. The molecular formula is C19H17F5N2O3S. The molecule has 0 atom stereocenters. The first-order valence-corrected chi connectivity index (χ1v) is 10.4. The Kier molecular flexibility index (Phi) is 6.02. The van der Waals surface area contributed by atoms with Crippen molar-refractivity contribution in [3.63, 3.8) is 0 Å². The van der Waals surface area contributed by atoms with Gasteiger partial charge >= 0.3 is 5.51 Å². The first-order valence-electron chi connectivity index (χ1n) is 8.92. The van der Waals surface area contributed by atoms with Gasteiger partial charge in [0.2, 0.25) is 0 Å². The average Bonchev–Trinajstić information content (AvgIpc) is 2.68. The Morgan fingerprint density at radius 3 is 2.27 bits per heavy atom. The van der Waals surface area contributed by atoms with Crippen molar-refractivity contribution in [2.45, 2.75) is 29.3 Å². The van der Waals surface area contributed by atoms with Gasteiger partial charge in [-0.1, -0.05) is 12.1 Å². The number of alkyl halides is 3. The van der Waals surface area contributed by atoms with E-state index in [9.17, 15) is 35.2 Å². The van der Waals surface area contributed by atoms with Crippen LogP contribution in [0, 0.1) is 11.6 Å². The summed E-state index contributed by atoms with van der Waals surface area (Å²) in [7, 11) is -5.75. The molecule has 1 amide bonds. The van der Waals surface area contributed by atoms with E-state index in [2.05, 4.69) is 5.32 Å². The molecule has 0 saturated carbocycles. The zero-order valence-electron chi connectivity index (χ0n) is 15.4. The van der Waals surface area contributed by atoms with Crippen LogP contribution in [0.5, 0.6) is 0 Å². The molecule has 0 radical (unpaired) electrons. The van der Waals surface area contributed by atoms with Crippen LogP contribution in [0.15, 0.2) is 47.4 Å². The summed E-state index contributed by atoms with van der Waals surface area (Å²) in [6.07, 6.45) is 0.562. The molecule has 1 aliphatic heterocycles. The van der Waals surface area contributed by atoms with Gasteiger partial charge in [-0.2, -0.15) is 13.2 Å². The molecule has 11 heteroatoms. The van der Waals surface area contributed by atoms with Crippen LogP contribution in [0.3, 0.4) is 0 Å². The number of amides is 1. The van der Waals surface area contributed by atoms with E-state index in [0.29, 0.717) is 6.07 Å². The Morgan fingerprint density at radius 2 is 1.67 bits per heavy atom. The smallest absolute Gasteiger partial charge is 0.370 e. The second-order valence-electron chi connectivity index (χ2n) is 6.78. The van der Waals surface area contributed by atoms with Gasteiger partial charge in [0.25, 0.3) is 15.7 Å². The predicted molar refractivity (Wildman–Crippen MR) is 98.7 cm³/mol. The van der Waals surface area contributed by atoms with Crippen LogP contribution in [-0.2, 0) is 9.84 Å². The number of piperidine rings is 1. The van der Waals surface area contributed by atoms with E-state index in [1.54, 1.807) is 0 Å². The van der Waals surface area contributed by atoms with Crippen LogP contribution in [0.1, 0.15) is 23.2 Å². The molecule has 2 aromatic rings. The Labute approximate surface area is 169 Å².